The summed E-state index contributed by atoms with van der Waals surface area (Å²) in [5.41, 5.74) is 8.79. The van der Waals surface area contributed by atoms with Gasteiger partial charge in [0.15, 0.2) is 0 Å². The van der Waals surface area contributed by atoms with Gasteiger partial charge in [0.2, 0.25) is 0 Å². The first-order chi connectivity index (χ1) is 6.50. The molecular formula is C11H19N3. The second-order valence-corrected chi connectivity index (χ2v) is 4.95. The summed E-state index contributed by atoms with van der Waals surface area (Å²) in [4.78, 5) is 0. The molecule has 1 aromatic rings. The van der Waals surface area contributed by atoms with E-state index in [-0.39, 0.29) is 0 Å². The topological polar surface area (TPSA) is 43.8 Å². The van der Waals surface area contributed by atoms with Crippen LogP contribution in [0.15, 0.2) is 6.20 Å². The van der Waals surface area contributed by atoms with Crippen molar-refractivity contribution in [2.24, 2.45) is 24.1 Å². The number of aromatic nitrogens is 2. The predicted octanol–water partition coefficient (Wildman–Crippen LogP) is 1.43. The van der Waals surface area contributed by atoms with Crippen LogP contribution in [0.2, 0.25) is 0 Å². The Hall–Kier alpha value is -0.830. The predicted molar refractivity (Wildman–Crippen MR) is 57.0 cm³/mol. The minimum absolute atomic E-state index is 0.364. The van der Waals surface area contributed by atoms with Crippen LogP contribution >= 0.6 is 0 Å². The Morgan fingerprint density at radius 3 is 2.57 bits per heavy atom. The van der Waals surface area contributed by atoms with Gasteiger partial charge in [-0.05, 0) is 36.3 Å². The first-order valence-electron chi connectivity index (χ1n) is 5.18. The molecule has 1 fully saturated rings. The van der Waals surface area contributed by atoms with E-state index in [9.17, 15) is 0 Å². The van der Waals surface area contributed by atoms with Gasteiger partial charge in [-0.2, -0.15) is 5.10 Å². The SMILES string of the molecule is Cc1c([C@@H]2[C@@H](CN)C2(C)C)cnn1C. The summed E-state index contributed by atoms with van der Waals surface area (Å²) >= 11 is 0. The van der Waals surface area contributed by atoms with Crippen LogP contribution in [0, 0.1) is 18.3 Å². The van der Waals surface area contributed by atoms with Gasteiger partial charge in [0, 0.05) is 12.7 Å². The van der Waals surface area contributed by atoms with Crippen molar-refractivity contribution in [1.82, 2.24) is 9.78 Å². The summed E-state index contributed by atoms with van der Waals surface area (Å²) in [6, 6.07) is 0. The molecule has 3 heteroatoms. The van der Waals surface area contributed by atoms with Crippen LogP contribution in [0.1, 0.15) is 31.0 Å². The summed E-state index contributed by atoms with van der Waals surface area (Å²) in [6.45, 7) is 7.50. The number of nitrogens with two attached hydrogens (primary N) is 1. The third kappa shape index (κ3) is 1.12. The third-order valence-electron chi connectivity index (χ3n) is 3.91. The average molecular weight is 193 g/mol. The molecule has 14 heavy (non-hydrogen) atoms. The molecule has 0 unspecified atom stereocenters. The number of hydrogen-bond donors (Lipinski definition) is 1. The van der Waals surface area contributed by atoms with Gasteiger partial charge in [0.05, 0.1) is 6.20 Å². The third-order valence-corrected chi connectivity index (χ3v) is 3.91. The fourth-order valence-electron chi connectivity index (χ4n) is 2.62. The average Bonchev–Trinajstić information content (AvgIpc) is 2.52. The molecule has 0 amide bonds. The summed E-state index contributed by atoms with van der Waals surface area (Å²) in [5.74, 6) is 1.24. The standard InChI is InChI=1S/C11H19N3/c1-7-8(6-13-14(7)4)10-9(5-12)11(10,2)3/h6,9-10H,5,12H2,1-4H3/t9-,10-/m1/s1. The first-order valence-corrected chi connectivity index (χ1v) is 5.18. The van der Waals surface area contributed by atoms with Gasteiger partial charge in [0.1, 0.15) is 0 Å². The second-order valence-electron chi connectivity index (χ2n) is 4.95. The molecule has 0 aliphatic heterocycles. The van der Waals surface area contributed by atoms with E-state index < -0.39 is 0 Å². The van der Waals surface area contributed by atoms with Crippen molar-refractivity contribution in [1.29, 1.82) is 0 Å². The molecule has 1 saturated carbocycles. The molecule has 2 atom stereocenters. The Morgan fingerprint density at radius 1 is 1.57 bits per heavy atom. The summed E-state index contributed by atoms with van der Waals surface area (Å²) in [6.07, 6.45) is 2.00. The maximum absolute atomic E-state index is 5.77. The number of hydrogen-bond acceptors (Lipinski definition) is 2. The molecule has 1 aromatic heterocycles. The van der Waals surface area contributed by atoms with E-state index in [1.54, 1.807) is 0 Å². The summed E-state index contributed by atoms with van der Waals surface area (Å²) < 4.78 is 1.94. The van der Waals surface area contributed by atoms with E-state index in [4.69, 9.17) is 5.73 Å². The van der Waals surface area contributed by atoms with Crippen molar-refractivity contribution in [3.05, 3.63) is 17.5 Å². The molecule has 1 aliphatic rings. The lowest BCUT2D eigenvalue weighted by Crippen LogP contribution is -2.05. The van der Waals surface area contributed by atoms with E-state index in [0.717, 1.165) is 6.54 Å². The van der Waals surface area contributed by atoms with Crippen molar-refractivity contribution in [3.63, 3.8) is 0 Å². The van der Waals surface area contributed by atoms with Gasteiger partial charge in [0.25, 0.3) is 0 Å². The lowest BCUT2D eigenvalue weighted by Gasteiger charge is -2.01. The van der Waals surface area contributed by atoms with Crippen LogP contribution in [0.3, 0.4) is 0 Å². The van der Waals surface area contributed by atoms with Gasteiger partial charge in [-0.25, -0.2) is 0 Å². The molecule has 2 rings (SSSR count). The van der Waals surface area contributed by atoms with Crippen LogP contribution in [0.4, 0.5) is 0 Å². The molecule has 1 aliphatic carbocycles. The quantitative estimate of drug-likeness (QED) is 0.772. The normalized spacial score (nSPS) is 29.2. The van der Waals surface area contributed by atoms with Gasteiger partial charge < -0.3 is 5.73 Å². The van der Waals surface area contributed by atoms with Crippen LogP contribution in [0.25, 0.3) is 0 Å². The molecule has 3 nitrogen and oxygen atoms in total. The van der Waals surface area contributed by atoms with Crippen molar-refractivity contribution >= 4 is 0 Å². The monoisotopic (exact) mass is 193 g/mol. The number of aryl methyl sites for hydroxylation is 1. The van der Waals surface area contributed by atoms with E-state index in [0.29, 0.717) is 17.3 Å². The molecule has 78 valence electrons. The van der Waals surface area contributed by atoms with E-state index in [2.05, 4.69) is 25.9 Å². The van der Waals surface area contributed by atoms with Gasteiger partial charge in [-0.1, -0.05) is 13.8 Å². The van der Waals surface area contributed by atoms with Gasteiger partial charge in [-0.3, -0.25) is 4.68 Å². The first kappa shape index (κ1) is 9.71. The zero-order valence-corrected chi connectivity index (χ0v) is 9.41. The molecule has 0 spiro atoms. The van der Waals surface area contributed by atoms with Crippen LogP contribution in [-0.2, 0) is 7.05 Å². The van der Waals surface area contributed by atoms with Crippen LogP contribution in [0.5, 0.6) is 0 Å². The highest BCUT2D eigenvalue weighted by Crippen LogP contribution is 2.64. The highest BCUT2D eigenvalue weighted by atomic mass is 15.3. The van der Waals surface area contributed by atoms with Crippen molar-refractivity contribution in [2.75, 3.05) is 6.54 Å². The van der Waals surface area contributed by atoms with Crippen LogP contribution < -0.4 is 5.73 Å². The van der Waals surface area contributed by atoms with E-state index in [1.165, 1.54) is 11.3 Å². The Morgan fingerprint density at radius 2 is 2.21 bits per heavy atom. The number of nitrogens with zero attached hydrogens (tertiary/aromatic N) is 2. The minimum Gasteiger partial charge on any atom is -0.330 e. The zero-order valence-electron chi connectivity index (χ0n) is 9.41. The fourth-order valence-corrected chi connectivity index (χ4v) is 2.62. The van der Waals surface area contributed by atoms with Crippen molar-refractivity contribution in [3.8, 4) is 0 Å². The maximum atomic E-state index is 5.77. The zero-order chi connectivity index (χ0) is 10.5. The molecule has 0 saturated heterocycles. The Bertz CT molecular complexity index is 351. The lowest BCUT2D eigenvalue weighted by atomic mass is 10.0. The Labute approximate surface area is 85.3 Å². The molecule has 0 bridgehead atoms. The maximum Gasteiger partial charge on any atom is 0.0527 e. The van der Waals surface area contributed by atoms with Crippen molar-refractivity contribution < 1.29 is 0 Å². The van der Waals surface area contributed by atoms with Gasteiger partial charge in [-0.15, -0.1) is 0 Å². The van der Waals surface area contributed by atoms with Crippen molar-refractivity contribution in [2.45, 2.75) is 26.7 Å². The highest BCUT2D eigenvalue weighted by molar-refractivity contribution is 5.33. The molecular weight excluding hydrogens is 174 g/mol. The summed E-state index contributed by atoms with van der Waals surface area (Å²) in [5, 5.41) is 4.29. The van der Waals surface area contributed by atoms with E-state index in [1.807, 2.05) is 17.9 Å². The molecule has 1 heterocycles. The lowest BCUT2D eigenvalue weighted by molar-refractivity contribution is 0.558. The fraction of sp³-hybridized carbons (Fsp3) is 0.727. The van der Waals surface area contributed by atoms with Crippen LogP contribution in [-0.4, -0.2) is 16.3 Å². The largest absolute Gasteiger partial charge is 0.330 e. The molecule has 2 N–H and O–H groups in total. The summed E-state index contributed by atoms with van der Waals surface area (Å²) in [7, 11) is 1.99. The van der Waals surface area contributed by atoms with Gasteiger partial charge >= 0.3 is 0 Å². The molecule has 0 aromatic carbocycles. The molecule has 0 radical (unpaired) electrons. The number of rotatable bonds is 2. The smallest absolute Gasteiger partial charge is 0.0527 e. The second kappa shape index (κ2) is 2.83. The Kier molecular flexibility index (Phi) is 1.96. The highest BCUT2D eigenvalue weighted by Gasteiger charge is 2.58. The van der Waals surface area contributed by atoms with E-state index >= 15 is 0 Å². The Balaban J connectivity index is 2.31. The minimum atomic E-state index is 0.364.